The molecule has 0 bridgehead atoms. The molecule has 0 radical (unpaired) electrons. The molecule has 6 nitrogen and oxygen atoms in total. The number of hydrogen-bond acceptors (Lipinski definition) is 4. The van der Waals surface area contributed by atoms with E-state index in [0.29, 0.717) is 18.1 Å². The maximum atomic E-state index is 5.82. The first-order valence-corrected chi connectivity index (χ1v) is 10.0. The number of nitrogens with one attached hydrogen (secondary N) is 2. The first-order valence-electron chi connectivity index (χ1n) is 10.0. The van der Waals surface area contributed by atoms with Gasteiger partial charge in [-0.3, -0.25) is 9.89 Å². The molecule has 1 aliphatic rings. The third-order valence-electron chi connectivity index (χ3n) is 4.86. The van der Waals surface area contributed by atoms with E-state index in [1.54, 1.807) is 0 Å². The Labute approximate surface area is 155 Å². The average Bonchev–Trinajstić information content (AvgIpc) is 2.59. The van der Waals surface area contributed by atoms with Gasteiger partial charge in [-0.15, -0.1) is 0 Å². The van der Waals surface area contributed by atoms with E-state index in [1.807, 2.05) is 0 Å². The molecule has 2 atom stereocenters. The molecule has 0 spiro atoms. The van der Waals surface area contributed by atoms with Crippen molar-refractivity contribution in [3.8, 4) is 0 Å². The molecule has 0 aromatic heterocycles. The highest BCUT2D eigenvalue weighted by molar-refractivity contribution is 5.79. The highest BCUT2D eigenvalue weighted by Crippen LogP contribution is 2.10. The molecular formula is C19H41N5O. The van der Waals surface area contributed by atoms with Gasteiger partial charge in [0.1, 0.15) is 0 Å². The number of guanidine groups is 1. The van der Waals surface area contributed by atoms with Crippen molar-refractivity contribution >= 4 is 5.96 Å². The van der Waals surface area contributed by atoms with Crippen LogP contribution in [0.2, 0.25) is 0 Å². The van der Waals surface area contributed by atoms with Gasteiger partial charge in [0.2, 0.25) is 0 Å². The topological polar surface area (TPSA) is 52.1 Å². The zero-order valence-corrected chi connectivity index (χ0v) is 17.3. The van der Waals surface area contributed by atoms with Crippen molar-refractivity contribution in [2.45, 2.75) is 53.2 Å². The van der Waals surface area contributed by atoms with E-state index in [-0.39, 0.29) is 0 Å². The molecule has 148 valence electrons. The van der Waals surface area contributed by atoms with Crippen LogP contribution in [0.5, 0.6) is 0 Å². The summed E-state index contributed by atoms with van der Waals surface area (Å²) < 4.78 is 5.82. The Morgan fingerprint density at radius 1 is 1.08 bits per heavy atom. The summed E-state index contributed by atoms with van der Waals surface area (Å²) in [6.07, 6.45) is 1.31. The van der Waals surface area contributed by atoms with Gasteiger partial charge in [-0.2, -0.15) is 0 Å². The number of ether oxygens (including phenoxy) is 1. The third-order valence-corrected chi connectivity index (χ3v) is 4.86. The molecule has 25 heavy (non-hydrogen) atoms. The Morgan fingerprint density at radius 2 is 1.76 bits per heavy atom. The molecule has 1 heterocycles. The van der Waals surface area contributed by atoms with E-state index in [2.05, 4.69) is 62.1 Å². The van der Waals surface area contributed by atoms with E-state index in [9.17, 15) is 0 Å². The lowest BCUT2D eigenvalue weighted by molar-refractivity contribution is 0.0258. The number of aliphatic imine (C=N–C) groups is 1. The molecule has 0 aliphatic carbocycles. The van der Waals surface area contributed by atoms with Crippen LogP contribution >= 0.6 is 0 Å². The van der Waals surface area contributed by atoms with Crippen LogP contribution in [0, 0.1) is 5.92 Å². The van der Waals surface area contributed by atoms with E-state index >= 15 is 0 Å². The molecule has 1 saturated heterocycles. The second-order valence-corrected chi connectivity index (χ2v) is 7.36. The van der Waals surface area contributed by atoms with Gasteiger partial charge in [-0.25, -0.2) is 0 Å². The molecule has 2 unspecified atom stereocenters. The van der Waals surface area contributed by atoms with Crippen molar-refractivity contribution in [3.05, 3.63) is 0 Å². The van der Waals surface area contributed by atoms with Crippen LogP contribution in [0.4, 0.5) is 0 Å². The molecule has 0 saturated carbocycles. The van der Waals surface area contributed by atoms with Crippen LogP contribution in [-0.4, -0.2) is 87.4 Å². The zero-order valence-electron chi connectivity index (χ0n) is 17.3. The molecule has 2 N–H and O–H groups in total. The van der Waals surface area contributed by atoms with Gasteiger partial charge >= 0.3 is 0 Å². The van der Waals surface area contributed by atoms with E-state index in [4.69, 9.17) is 9.73 Å². The minimum Gasteiger partial charge on any atom is -0.378 e. The number of hydrogen-bond donors (Lipinski definition) is 2. The normalized spacial score (nSPS) is 19.9. The van der Waals surface area contributed by atoms with E-state index in [0.717, 1.165) is 64.8 Å². The maximum Gasteiger partial charge on any atom is 0.191 e. The summed E-state index contributed by atoms with van der Waals surface area (Å²) >= 11 is 0. The van der Waals surface area contributed by atoms with Gasteiger partial charge in [-0.1, -0.05) is 13.8 Å². The highest BCUT2D eigenvalue weighted by atomic mass is 16.5. The third kappa shape index (κ3) is 8.88. The van der Waals surface area contributed by atoms with E-state index in [1.165, 1.54) is 0 Å². The van der Waals surface area contributed by atoms with Crippen molar-refractivity contribution in [1.82, 2.24) is 20.4 Å². The smallest absolute Gasteiger partial charge is 0.191 e. The van der Waals surface area contributed by atoms with Gasteiger partial charge in [0.05, 0.1) is 12.6 Å². The van der Waals surface area contributed by atoms with Gasteiger partial charge in [0.15, 0.2) is 5.96 Å². The molecule has 1 rings (SSSR count). The van der Waals surface area contributed by atoms with Gasteiger partial charge in [0.25, 0.3) is 0 Å². The Balaban J connectivity index is 2.42. The average molecular weight is 356 g/mol. The first-order chi connectivity index (χ1) is 12.0. The fourth-order valence-electron chi connectivity index (χ4n) is 3.10. The Hall–Kier alpha value is -0.850. The Kier molecular flexibility index (Phi) is 11.1. The van der Waals surface area contributed by atoms with Crippen LogP contribution < -0.4 is 10.6 Å². The Bertz CT molecular complexity index is 367. The molecule has 1 aliphatic heterocycles. The summed E-state index contributed by atoms with van der Waals surface area (Å²) in [5.74, 6) is 1.46. The van der Waals surface area contributed by atoms with Crippen molar-refractivity contribution in [3.63, 3.8) is 0 Å². The lowest BCUT2D eigenvalue weighted by Crippen LogP contribution is -2.49. The van der Waals surface area contributed by atoms with Gasteiger partial charge in [0, 0.05) is 51.9 Å². The van der Waals surface area contributed by atoms with Crippen LogP contribution in [0.25, 0.3) is 0 Å². The predicted molar refractivity (Wildman–Crippen MR) is 107 cm³/mol. The number of nitrogens with zero attached hydrogens (tertiary/aromatic N) is 3. The maximum absolute atomic E-state index is 5.82. The van der Waals surface area contributed by atoms with Crippen molar-refractivity contribution in [2.75, 3.05) is 59.5 Å². The van der Waals surface area contributed by atoms with Crippen molar-refractivity contribution < 1.29 is 4.74 Å². The number of rotatable bonds is 10. The molecule has 6 heteroatoms. The summed E-state index contributed by atoms with van der Waals surface area (Å²) in [6, 6.07) is 0.482. The second kappa shape index (κ2) is 12.5. The van der Waals surface area contributed by atoms with Crippen LogP contribution in [0.15, 0.2) is 4.99 Å². The minimum atomic E-state index is 0.310. The summed E-state index contributed by atoms with van der Waals surface area (Å²) in [5.41, 5.74) is 0. The van der Waals surface area contributed by atoms with Crippen LogP contribution in [-0.2, 0) is 4.74 Å². The highest BCUT2D eigenvalue weighted by Gasteiger charge is 2.19. The van der Waals surface area contributed by atoms with Gasteiger partial charge in [-0.05, 0) is 40.2 Å². The summed E-state index contributed by atoms with van der Waals surface area (Å²) in [6.45, 7) is 18.9. The minimum absolute atomic E-state index is 0.310. The largest absolute Gasteiger partial charge is 0.378 e. The van der Waals surface area contributed by atoms with Gasteiger partial charge < -0.3 is 20.3 Å². The predicted octanol–water partition coefficient (Wildman–Crippen LogP) is 1.63. The SMILES string of the molecule is CCNC(=NCC(C)N1CCN(C)CC1)NCCC(OCC)C(C)C. The molecule has 0 amide bonds. The lowest BCUT2D eigenvalue weighted by atomic mass is 10.0. The fraction of sp³-hybridized carbons (Fsp3) is 0.947. The number of likely N-dealkylation sites (N-methyl/N-ethyl adjacent to an activating group) is 1. The lowest BCUT2D eigenvalue weighted by Gasteiger charge is -2.35. The molecular weight excluding hydrogens is 314 g/mol. The molecule has 0 aromatic rings. The first kappa shape index (κ1) is 22.2. The fourth-order valence-corrected chi connectivity index (χ4v) is 3.10. The zero-order chi connectivity index (χ0) is 18.7. The molecule has 0 aromatic carbocycles. The van der Waals surface area contributed by atoms with Crippen LogP contribution in [0.1, 0.15) is 41.0 Å². The Morgan fingerprint density at radius 3 is 2.32 bits per heavy atom. The summed E-state index contributed by atoms with van der Waals surface area (Å²) in [5, 5.41) is 6.82. The van der Waals surface area contributed by atoms with Crippen LogP contribution in [0.3, 0.4) is 0 Å². The standard InChI is InChI=1S/C19H41N5O/c1-7-20-19(21-10-9-18(16(3)4)25-8-2)22-15-17(5)24-13-11-23(6)12-14-24/h16-18H,7-15H2,1-6H3,(H2,20,21,22). The molecule has 1 fully saturated rings. The van der Waals surface area contributed by atoms with Crippen molar-refractivity contribution in [2.24, 2.45) is 10.9 Å². The quantitative estimate of drug-likeness (QED) is 0.461. The monoisotopic (exact) mass is 355 g/mol. The number of piperazine rings is 1. The summed E-state index contributed by atoms with van der Waals surface area (Å²) in [4.78, 5) is 9.72. The second-order valence-electron chi connectivity index (χ2n) is 7.36. The van der Waals surface area contributed by atoms with Crippen molar-refractivity contribution in [1.29, 1.82) is 0 Å². The summed E-state index contributed by atoms with van der Waals surface area (Å²) in [7, 11) is 2.19. The van der Waals surface area contributed by atoms with E-state index < -0.39 is 0 Å².